The Labute approximate surface area is 140 Å². The summed E-state index contributed by atoms with van der Waals surface area (Å²) in [6.07, 6.45) is 3.00. The normalized spacial score (nSPS) is 11.6. The van der Waals surface area contributed by atoms with Crippen molar-refractivity contribution in [3.8, 4) is 11.5 Å². The Morgan fingerprint density at radius 2 is 2.09 bits per heavy atom. The molecule has 23 heavy (non-hydrogen) atoms. The van der Waals surface area contributed by atoms with E-state index in [-0.39, 0.29) is 5.75 Å². The molecule has 0 aliphatic heterocycles. The third-order valence-electron chi connectivity index (χ3n) is 3.54. The predicted octanol–water partition coefficient (Wildman–Crippen LogP) is 2.93. The van der Waals surface area contributed by atoms with Gasteiger partial charge in [-0.2, -0.15) is 0 Å². The van der Waals surface area contributed by atoms with Crippen LogP contribution in [0.3, 0.4) is 0 Å². The van der Waals surface area contributed by atoms with Crippen LogP contribution >= 0.6 is 0 Å². The summed E-state index contributed by atoms with van der Waals surface area (Å²) in [5.41, 5.74) is 0.868. The second kappa shape index (κ2) is 10.8. The molecule has 130 valence electrons. The number of hydrogen-bond donors (Lipinski definition) is 3. The smallest absolute Gasteiger partial charge is 0.191 e. The van der Waals surface area contributed by atoms with Gasteiger partial charge in [0.2, 0.25) is 0 Å². The quantitative estimate of drug-likeness (QED) is 0.372. The molecule has 0 bridgehead atoms. The molecule has 1 aromatic rings. The Balaban J connectivity index is 2.47. The molecule has 5 heteroatoms. The van der Waals surface area contributed by atoms with E-state index in [1.165, 1.54) is 6.42 Å². The van der Waals surface area contributed by atoms with Gasteiger partial charge in [0.1, 0.15) is 0 Å². The van der Waals surface area contributed by atoms with E-state index in [4.69, 9.17) is 4.74 Å². The Hall–Kier alpha value is -1.91. The molecule has 0 unspecified atom stereocenters. The molecule has 0 saturated heterocycles. The van der Waals surface area contributed by atoms with Crippen molar-refractivity contribution in [2.45, 2.75) is 40.0 Å². The number of phenols is 1. The van der Waals surface area contributed by atoms with E-state index in [1.807, 2.05) is 12.1 Å². The maximum Gasteiger partial charge on any atom is 0.191 e. The van der Waals surface area contributed by atoms with Crippen LogP contribution in [0.4, 0.5) is 0 Å². The highest BCUT2D eigenvalue weighted by Crippen LogP contribution is 2.29. The van der Waals surface area contributed by atoms with Crippen LogP contribution in [0.2, 0.25) is 0 Å². The largest absolute Gasteiger partial charge is 0.504 e. The number of guanidine groups is 1. The molecule has 0 aliphatic rings. The standard InChI is InChI=1S/C18H31N3O2/c1-5-19-18(20-12-7-8-14(2)3)21-13-11-15-9-6-10-16(23-4)17(15)22/h6,9-10,14,22H,5,7-8,11-13H2,1-4H3,(H2,19,20,21). The number of para-hydroxylation sites is 1. The van der Waals surface area contributed by atoms with Crippen molar-refractivity contribution >= 4 is 5.96 Å². The lowest BCUT2D eigenvalue weighted by molar-refractivity contribution is 0.370. The van der Waals surface area contributed by atoms with Gasteiger partial charge in [0, 0.05) is 19.6 Å². The lowest BCUT2D eigenvalue weighted by Gasteiger charge is -2.13. The highest BCUT2D eigenvalue weighted by Gasteiger charge is 2.07. The molecule has 3 N–H and O–H groups in total. The fourth-order valence-corrected chi connectivity index (χ4v) is 2.28. The zero-order chi connectivity index (χ0) is 17.1. The molecule has 0 radical (unpaired) electrons. The van der Waals surface area contributed by atoms with Gasteiger partial charge < -0.3 is 20.5 Å². The average Bonchev–Trinajstić information content (AvgIpc) is 2.52. The number of aromatic hydroxyl groups is 1. The number of methoxy groups -OCH3 is 1. The molecule has 0 fully saturated rings. The van der Waals surface area contributed by atoms with E-state index >= 15 is 0 Å². The van der Waals surface area contributed by atoms with Gasteiger partial charge in [0.25, 0.3) is 0 Å². The van der Waals surface area contributed by atoms with Crippen molar-refractivity contribution in [2.24, 2.45) is 10.9 Å². The number of nitrogens with one attached hydrogen (secondary N) is 2. The molecule has 5 nitrogen and oxygen atoms in total. The second-order valence-corrected chi connectivity index (χ2v) is 5.94. The van der Waals surface area contributed by atoms with Gasteiger partial charge in [0.15, 0.2) is 17.5 Å². The fraction of sp³-hybridized carbons (Fsp3) is 0.611. The Morgan fingerprint density at radius 3 is 2.74 bits per heavy atom. The van der Waals surface area contributed by atoms with E-state index in [0.717, 1.165) is 37.0 Å². The van der Waals surface area contributed by atoms with Crippen LogP contribution in [-0.2, 0) is 6.42 Å². The molecular formula is C18H31N3O2. The van der Waals surface area contributed by atoms with Crippen LogP contribution in [0.25, 0.3) is 0 Å². The first-order valence-electron chi connectivity index (χ1n) is 8.45. The van der Waals surface area contributed by atoms with Crippen molar-refractivity contribution in [1.82, 2.24) is 10.6 Å². The molecule has 0 heterocycles. The molecule has 0 amide bonds. The highest BCUT2D eigenvalue weighted by atomic mass is 16.5. The van der Waals surface area contributed by atoms with Gasteiger partial charge in [0.05, 0.1) is 7.11 Å². The van der Waals surface area contributed by atoms with Crippen LogP contribution in [0.15, 0.2) is 23.2 Å². The average molecular weight is 321 g/mol. The van der Waals surface area contributed by atoms with Gasteiger partial charge in [-0.3, -0.25) is 4.99 Å². The number of nitrogens with zero attached hydrogens (tertiary/aromatic N) is 1. The summed E-state index contributed by atoms with van der Waals surface area (Å²) in [7, 11) is 1.56. The lowest BCUT2D eigenvalue weighted by Crippen LogP contribution is -2.38. The van der Waals surface area contributed by atoms with Crippen molar-refractivity contribution in [1.29, 1.82) is 0 Å². The first-order valence-corrected chi connectivity index (χ1v) is 8.45. The number of ether oxygens (including phenoxy) is 1. The molecule has 0 atom stereocenters. The van der Waals surface area contributed by atoms with Crippen LogP contribution < -0.4 is 15.4 Å². The summed E-state index contributed by atoms with van der Waals surface area (Å²) >= 11 is 0. The number of benzene rings is 1. The molecule has 0 spiro atoms. The maximum atomic E-state index is 10.1. The summed E-state index contributed by atoms with van der Waals surface area (Å²) in [5, 5.41) is 16.6. The minimum atomic E-state index is 0.218. The van der Waals surface area contributed by atoms with Crippen molar-refractivity contribution in [3.63, 3.8) is 0 Å². The maximum absolute atomic E-state index is 10.1. The fourth-order valence-electron chi connectivity index (χ4n) is 2.28. The minimum Gasteiger partial charge on any atom is -0.504 e. The van der Waals surface area contributed by atoms with Crippen LogP contribution in [0, 0.1) is 5.92 Å². The van der Waals surface area contributed by atoms with Crippen LogP contribution in [0.5, 0.6) is 11.5 Å². The van der Waals surface area contributed by atoms with E-state index < -0.39 is 0 Å². The Bertz CT molecular complexity index is 487. The predicted molar refractivity (Wildman–Crippen MR) is 96.4 cm³/mol. The van der Waals surface area contributed by atoms with E-state index in [1.54, 1.807) is 13.2 Å². The Morgan fingerprint density at radius 1 is 1.30 bits per heavy atom. The SMILES string of the molecule is CCNC(=NCCCC(C)C)NCCc1cccc(OC)c1O. The van der Waals surface area contributed by atoms with Crippen molar-refractivity contribution in [3.05, 3.63) is 23.8 Å². The number of aliphatic imine (C=N–C) groups is 1. The monoisotopic (exact) mass is 321 g/mol. The number of hydrogen-bond acceptors (Lipinski definition) is 3. The van der Waals surface area contributed by atoms with Gasteiger partial charge in [-0.05, 0) is 43.7 Å². The molecule has 0 aromatic heterocycles. The molecule has 1 rings (SSSR count). The van der Waals surface area contributed by atoms with Gasteiger partial charge in [-0.15, -0.1) is 0 Å². The lowest BCUT2D eigenvalue weighted by atomic mass is 10.1. The van der Waals surface area contributed by atoms with E-state index in [9.17, 15) is 5.11 Å². The van der Waals surface area contributed by atoms with Gasteiger partial charge in [-0.1, -0.05) is 26.0 Å². The summed E-state index contributed by atoms with van der Waals surface area (Å²) in [5.74, 6) is 2.28. The van der Waals surface area contributed by atoms with Crippen molar-refractivity contribution in [2.75, 3.05) is 26.7 Å². The van der Waals surface area contributed by atoms with Crippen LogP contribution in [0.1, 0.15) is 39.2 Å². The summed E-state index contributed by atoms with van der Waals surface area (Å²) in [6.45, 7) is 8.88. The third-order valence-corrected chi connectivity index (χ3v) is 3.54. The highest BCUT2D eigenvalue weighted by molar-refractivity contribution is 5.79. The zero-order valence-corrected chi connectivity index (χ0v) is 14.9. The zero-order valence-electron chi connectivity index (χ0n) is 14.9. The summed E-state index contributed by atoms with van der Waals surface area (Å²) in [6, 6.07) is 5.55. The van der Waals surface area contributed by atoms with Crippen LogP contribution in [-0.4, -0.2) is 37.8 Å². The molecule has 1 aromatic carbocycles. The molecule has 0 saturated carbocycles. The molecule has 0 aliphatic carbocycles. The second-order valence-electron chi connectivity index (χ2n) is 5.94. The first-order chi connectivity index (χ1) is 11.1. The van der Waals surface area contributed by atoms with Gasteiger partial charge in [-0.25, -0.2) is 0 Å². The van der Waals surface area contributed by atoms with Crippen molar-refractivity contribution < 1.29 is 9.84 Å². The topological polar surface area (TPSA) is 65.9 Å². The first kappa shape index (κ1) is 19.1. The van der Waals surface area contributed by atoms with E-state index in [0.29, 0.717) is 18.7 Å². The number of rotatable bonds is 9. The summed E-state index contributed by atoms with van der Waals surface area (Å²) < 4.78 is 5.13. The molecular weight excluding hydrogens is 290 g/mol. The number of phenolic OH excluding ortho intramolecular Hbond substituents is 1. The summed E-state index contributed by atoms with van der Waals surface area (Å²) in [4.78, 5) is 4.58. The van der Waals surface area contributed by atoms with E-state index in [2.05, 4.69) is 36.4 Å². The Kier molecular flexibility index (Phi) is 8.95. The third kappa shape index (κ3) is 7.26. The minimum absolute atomic E-state index is 0.218. The van der Waals surface area contributed by atoms with Gasteiger partial charge >= 0.3 is 0 Å².